The van der Waals surface area contributed by atoms with Crippen LogP contribution in [0.15, 0.2) is 47.4 Å². The van der Waals surface area contributed by atoms with E-state index in [1.165, 1.54) is 26.4 Å². The second-order valence-corrected chi connectivity index (χ2v) is 7.31. The third kappa shape index (κ3) is 4.61. The summed E-state index contributed by atoms with van der Waals surface area (Å²) in [7, 11) is -0.591. The van der Waals surface area contributed by atoms with E-state index in [4.69, 9.17) is 15.9 Å². The van der Waals surface area contributed by atoms with Crippen molar-refractivity contribution in [3.05, 3.63) is 53.6 Å². The van der Waals surface area contributed by atoms with E-state index in [0.29, 0.717) is 22.6 Å². The molecule has 0 aliphatic carbocycles. The Morgan fingerprint density at radius 1 is 1.08 bits per heavy atom. The first-order chi connectivity index (χ1) is 11.9. The van der Waals surface area contributed by atoms with Crippen LogP contribution in [-0.2, 0) is 26.8 Å². The van der Waals surface area contributed by atoms with Gasteiger partial charge in [-0.05, 0) is 41.8 Å². The van der Waals surface area contributed by atoms with Crippen molar-refractivity contribution >= 4 is 15.6 Å². The second-order valence-electron chi connectivity index (χ2n) is 5.33. The maximum absolute atomic E-state index is 12.7. The molecule has 0 aliphatic rings. The minimum absolute atomic E-state index is 0.0839. The van der Waals surface area contributed by atoms with Crippen molar-refractivity contribution in [2.24, 2.45) is 0 Å². The summed E-state index contributed by atoms with van der Waals surface area (Å²) in [4.78, 5) is 11.4. The van der Waals surface area contributed by atoms with Crippen molar-refractivity contribution in [1.29, 1.82) is 0 Å². The van der Waals surface area contributed by atoms with E-state index in [9.17, 15) is 13.2 Å². The molecule has 0 saturated heterocycles. The summed E-state index contributed by atoms with van der Waals surface area (Å²) < 4.78 is 35.7. The molecule has 0 N–H and O–H groups in total. The molecule has 25 heavy (non-hydrogen) atoms. The number of ketones is 1. The maximum Gasteiger partial charge on any atom is 0.209 e. The Labute approximate surface area is 147 Å². The number of benzene rings is 2. The van der Waals surface area contributed by atoms with Crippen LogP contribution in [-0.4, -0.2) is 28.4 Å². The monoisotopic (exact) mass is 358 g/mol. The highest BCUT2D eigenvalue weighted by Crippen LogP contribution is 2.28. The quantitative estimate of drug-likeness (QED) is 0.562. The molecule has 0 heterocycles. The zero-order chi connectivity index (χ0) is 18.4. The first-order valence-electron chi connectivity index (χ1n) is 7.41. The third-order valence-corrected chi connectivity index (χ3v) is 5.32. The molecule has 0 amide bonds. The van der Waals surface area contributed by atoms with Crippen LogP contribution in [0.25, 0.3) is 0 Å². The predicted octanol–water partition coefficient (Wildman–Crippen LogP) is 2.42. The molecule has 130 valence electrons. The fourth-order valence-electron chi connectivity index (χ4n) is 2.33. The van der Waals surface area contributed by atoms with E-state index in [1.807, 2.05) is 5.92 Å². The minimum atomic E-state index is -3.58. The van der Waals surface area contributed by atoms with Crippen molar-refractivity contribution in [2.75, 3.05) is 14.2 Å². The van der Waals surface area contributed by atoms with Crippen LogP contribution in [0.1, 0.15) is 11.1 Å². The number of carbonyl (C=O) groups is 1. The Hall–Kier alpha value is -2.78. The molecule has 2 aromatic carbocycles. The van der Waals surface area contributed by atoms with E-state index in [0.717, 1.165) is 0 Å². The van der Waals surface area contributed by atoms with Crippen LogP contribution in [0, 0.1) is 12.3 Å². The van der Waals surface area contributed by atoms with Crippen molar-refractivity contribution < 1.29 is 22.7 Å². The smallest absolute Gasteiger partial charge is 0.209 e. The molecule has 0 bridgehead atoms. The molecule has 0 aliphatic heterocycles. The Morgan fingerprint density at radius 2 is 1.76 bits per heavy atom. The zero-order valence-corrected chi connectivity index (χ0v) is 14.8. The third-order valence-electron chi connectivity index (χ3n) is 3.64. The van der Waals surface area contributed by atoms with Crippen LogP contribution < -0.4 is 9.47 Å². The van der Waals surface area contributed by atoms with Gasteiger partial charge in [0.1, 0.15) is 11.5 Å². The molecule has 0 radical (unpaired) electrons. The molecule has 0 unspecified atom stereocenters. The standard InChI is InChI=1S/C19H18O5S/c1-4-16(20)11-14-5-8-18(9-6-14)25(21,22)13-15-12-17(23-2)7-10-19(15)24-3/h1,5-10,12H,11,13H2,2-3H3. The summed E-state index contributed by atoms with van der Waals surface area (Å²) in [6, 6.07) is 11.1. The number of sulfone groups is 1. The predicted molar refractivity (Wildman–Crippen MR) is 94.4 cm³/mol. The topological polar surface area (TPSA) is 69.7 Å². The average molecular weight is 358 g/mol. The molecular formula is C19H18O5S. The lowest BCUT2D eigenvalue weighted by atomic mass is 10.1. The first kappa shape index (κ1) is 18.6. The van der Waals surface area contributed by atoms with Gasteiger partial charge in [0.2, 0.25) is 5.78 Å². The largest absolute Gasteiger partial charge is 0.497 e. The molecule has 0 fully saturated rings. The Kier molecular flexibility index (Phi) is 5.84. The van der Waals surface area contributed by atoms with Crippen molar-refractivity contribution in [3.63, 3.8) is 0 Å². The van der Waals surface area contributed by atoms with Crippen LogP contribution in [0.5, 0.6) is 11.5 Å². The minimum Gasteiger partial charge on any atom is -0.497 e. The van der Waals surface area contributed by atoms with Crippen molar-refractivity contribution in [1.82, 2.24) is 0 Å². The molecule has 0 spiro atoms. The van der Waals surface area contributed by atoms with Crippen LogP contribution >= 0.6 is 0 Å². The summed E-state index contributed by atoms with van der Waals surface area (Å²) in [6.07, 6.45) is 5.12. The van der Waals surface area contributed by atoms with E-state index < -0.39 is 9.84 Å². The number of ether oxygens (including phenoxy) is 2. The Bertz CT molecular complexity index is 906. The van der Waals surface area contributed by atoms with Crippen LogP contribution in [0.3, 0.4) is 0 Å². The molecule has 6 heteroatoms. The van der Waals surface area contributed by atoms with Gasteiger partial charge in [0.15, 0.2) is 9.84 Å². The van der Waals surface area contributed by atoms with E-state index >= 15 is 0 Å². The van der Waals surface area contributed by atoms with Crippen molar-refractivity contribution in [2.45, 2.75) is 17.1 Å². The second kappa shape index (κ2) is 7.86. The number of carbonyl (C=O) groups excluding carboxylic acids is 1. The molecule has 5 nitrogen and oxygen atoms in total. The fourth-order valence-corrected chi connectivity index (χ4v) is 3.69. The Morgan fingerprint density at radius 3 is 2.32 bits per heavy atom. The van der Waals surface area contributed by atoms with E-state index in [1.54, 1.807) is 30.3 Å². The normalized spacial score (nSPS) is 10.8. The van der Waals surface area contributed by atoms with Gasteiger partial charge in [-0.3, -0.25) is 4.79 Å². The summed E-state index contributed by atoms with van der Waals surface area (Å²) >= 11 is 0. The van der Waals surface area contributed by atoms with E-state index in [2.05, 4.69) is 0 Å². The molecule has 2 aromatic rings. The summed E-state index contributed by atoms with van der Waals surface area (Å²) in [6.45, 7) is 0. The van der Waals surface area contributed by atoms with Gasteiger partial charge in [0.05, 0.1) is 24.9 Å². The average Bonchev–Trinajstić information content (AvgIpc) is 2.61. The zero-order valence-electron chi connectivity index (χ0n) is 14.0. The van der Waals surface area contributed by atoms with Gasteiger partial charge in [0, 0.05) is 12.0 Å². The van der Waals surface area contributed by atoms with Gasteiger partial charge in [-0.2, -0.15) is 0 Å². The molecule has 0 atom stereocenters. The number of hydrogen-bond donors (Lipinski definition) is 0. The molecule has 2 rings (SSSR count). The lowest BCUT2D eigenvalue weighted by Gasteiger charge is -2.11. The highest BCUT2D eigenvalue weighted by molar-refractivity contribution is 7.90. The number of methoxy groups -OCH3 is 2. The first-order valence-corrected chi connectivity index (χ1v) is 9.07. The summed E-state index contributed by atoms with van der Waals surface area (Å²) in [5, 5.41) is 0. The SMILES string of the molecule is C#CC(=O)Cc1ccc(S(=O)(=O)Cc2cc(OC)ccc2OC)cc1. The summed E-state index contributed by atoms with van der Waals surface area (Å²) in [5.41, 5.74) is 1.18. The fraction of sp³-hybridized carbons (Fsp3) is 0.211. The highest BCUT2D eigenvalue weighted by Gasteiger charge is 2.19. The van der Waals surface area contributed by atoms with Gasteiger partial charge >= 0.3 is 0 Å². The van der Waals surface area contributed by atoms with Gasteiger partial charge in [-0.1, -0.05) is 12.1 Å². The molecular weight excluding hydrogens is 340 g/mol. The van der Waals surface area contributed by atoms with Crippen LogP contribution in [0.2, 0.25) is 0 Å². The maximum atomic E-state index is 12.7. The molecule has 0 aromatic heterocycles. The number of rotatable bonds is 7. The van der Waals surface area contributed by atoms with Crippen LogP contribution in [0.4, 0.5) is 0 Å². The molecule has 0 saturated carbocycles. The lowest BCUT2D eigenvalue weighted by Crippen LogP contribution is -2.07. The van der Waals surface area contributed by atoms with Gasteiger partial charge in [-0.15, -0.1) is 6.42 Å². The number of Topliss-reactive ketones (excluding diaryl/α,β-unsaturated/α-hetero) is 1. The summed E-state index contributed by atoms with van der Waals surface area (Å²) in [5.74, 6) is 2.48. The Balaban J connectivity index is 2.28. The number of terminal acetylenes is 1. The highest BCUT2D eigenvalue weighted by atomic mass is 32.2. The van der Waals surface area contributed by atoms with E-state index in [-0.39, 0.29) is 22.9 Å². The number of hydrogen-bond acceptors (Lipinski definition) is 5. The van der Waals surface area contributed by atoms with Gasteiger partial charge in [0.25, 0.3) is 0 Å². The lowest BCUT2D eigenvalue weighted by molar-refractivity contribution is -0.113. The van der Waals surface area contributed by atoms with Gasteiger partial charge in [-0.25, -0.2) is 8.42 Å². The van der Waals surface area contributed by atoms with Crippen molar-refractivity contribution in [3.8, 4) is 23.8 Å². The van der Waals surface area contributed by atoms with Gasteiger partial charge < -0.3 is 9.47 Å².